The van der Waals surface area contributed by atoms with Gasteiger partial charge in [-0.05, 0) is 51.9 Å². The number of allylic oxidation sites excluding steroid dienone is 6. The number of hydrogen-bond acceptors (Lipinski definition) is 1. The van der Waals surface area contributed by atoms with E-state index < -0.39 is 0 Å². The lowest BCUT2D eigenvalue weighted by Crippen LogP contribution is -2.00. The van der Waals surface area contributed by atoms with Crippen LogP contribution < -0.4 is 0 Å². The first kappa shape index (κ1) is 16.9. The largest absolute Gasteiger partial charge is 0.299 e. The molecule has 1 nitrogen and oxygen atoms in total. The molecule has 0 bridgehead atoms. The molecule has 0 aliphatic heterocycles. The Labute approximate surface area is 124 Å². The monoisotopic (exact) mass is 274 g/mol. The van der Waals surface area contributed by atoms with Crippen LogP contribution in [-0.2, 0) is 4.79 Å². The van der Waals surface area contributed by atoms with Gasteiger partial charge in [-0.1, -0.05) is 48.8 Å². The Balaban J connectivity index is 2.78. The number of carbonyl (C=O) groups excluding carboxylic acids is 1. The molecule has 0 atom stereocenters. The second kappa shape index (κ2) is 8.94. The molecule has 112 valence electrons. The van der Waals surface area contributed by atoms with Crippen LogP contribution in [0.15, 0.2) is 34.9 Å². The maximum atomic E-state index is 11.9. The van der Waals surface area contributed by atoms with Gasteiger partial charge < -0.3 is 0 Å². The standard InChI is InChI=1S/C19H30O/c1-15(2)18-12-11-17(4)8-5-7-16(3)9-6-10-19(20)14-13-18/h8-9,13,15H,5-7,10-12,14H2,1-4H3/b16-9-,17-8-,18-13+. The van der Waals surface area contributed by atoms with Crippen LogP contribution in [0.4, 0.5) is 0 Å². The minimum Gasteiger partial charge on any atom is -0.299 e. The van der Waals surface area contributed by atoms with Gasteiger partial charge in [0.25, 0.3) is 0 Å². The molecule has 0 N–H and O–H groups in total. The van der Waals surface area contributed by atoms with Crippen LogP contribution in [-0.4, -0.2) is 5.78 Å². The van der Waals surface area contributed by atoms with Crippen LogP contribution in [0.1, 0.15) is 72.6 Å². The van der Waals surface area contributed by atoms with Crippen molar-refractivity contribution in [3.05, 3.63) is 34.9 Å². The number of ketones is 1. The molecule has 0 amide bonds. The highest BCUT2D eigenvalue weighted by Gasteiger charge is 2.06. The molecule has 1 heteroatoms. The van der Waals surface area contributed by atoms with Crippen molar-refractivity contribution in [1.29, 1.82) is 0 Å². The molecule has 1 aliphatic carbocycles. The molecule has 0 radical (unpaired) electrons. The quantitative estimate of drug-likeness (QED) is 0.554. The van der Waals surface area contributed by atoms with Crippen LogP contribution in [0.5, 0.6) is 0 Å². The molecular weight excluding hydrogens is 244 g/mol. The van der Waals surface area contributed by atoms with Crippen molar-refractivity contribution in [3.8, 4) is 0 Å². The predicted octanol–water partition coefficient (Wildman–Crippen LogP) is 5.77. The third kappa shape index (κ3) is 6.88. The SMILES string of the molecule is C/C1=C/CCC(=O)C/C=C(/C(C)C)CC/C(C)=C\CC1. The van der Waals surface area contributed by atoms with Crippen molar-refractivity contribution in [2.24, 2.45) is 5.92 Å². The number of Topliss-reactive ketones (excluding diaryl/α,β-unsaturated/α-hetero) is 1. The van der Waals surface area contributed by atoms with E-state index in [9.17, 15) is 4.79 Å². The molecule has 20 heavy (non-hydrogen) atoms. The summed E-state index contributed by atoms with van der Waals surface area (Å²) in [6.07, 6.45) is 13.5. The number of rotatable bonds is 1. The molecule has 0 aromatic carbocycles. The predicted molar refractivity (Wildman–Crippen MR) is 87.8 cm³/mol. The molecule has 1 aliphatic rings. The van der Waals surface area contributed by atoms with Gasteiger partial charge in [-0.3, -0.25) is 4.79 Å². The average molecular weight is 274 g/mol. The Bertz CT molecular complexity index is 407. The summed E-state index contributed by atoms with van der Waals surface area (Å²) in [6.45, 7) is 8.86. The fraction of sp³-hybridized carbons (Fsp3) is 0.632. The van der Waals surface area contributed by atoms with Crippen LogP contribution in [0.3, 0.4) is 0 Å². The van der Waals surface area contributed by atoms with E-state index >= 15 is 0 Å². The van der Waals surface area contributed by atoms with Crippen LogP contribution >= 0.6 is 0 Å². The fourth-order valence-corrected chi connectivity index (χ4v) is 2.54. The maximum absolute atomic E-state index is 11.9. The summed E-state index contributed by atoms with van der Waals surface area (Å²) >= 11 is 0. The van der Waals surface area contributed by atoms with E-state index in [-0.39, 0.29) is 0 Å². The summed E-state index contributed by atoms with van der Waals surface area (Å²) in [5.74, 6) is 0.919. The molecule has 0 heterocycles. The summed E-state index contributed by atoms with van der Waals surface area (Å²) in [6, 6.07) is 0. The molecule has 0 saturated heterocycles. The zero-order valence-electron chi connectivity index (χ0n) is 13.7. The first-order valence-electron chi connectivity index (χ1n) is 8.01. The van der Waals surface area contributed by atoms with Gasteiger partial charge in [0.1, 0.15) is 5.78 Å². The van der Waals surface area contributed by atoms with Crippen LogP contribution in [0.2, 0.25) is 0 Å². The van der Waals surface area contributed by atoms with E-state index in [1.807, 2.05) is 0 Å². The summed E-state index contributed by atoms with van der Waals surface area (Å²) in [5, 5.41) is 0. The summed E-state index contributed by atoms with van der Waals surface area (Å²) < 4.78 is 0. The first-order chi connectivity index (χ1) is 9.49. The number of hydrogen-bond donors (Lipinski definition) is 0. The first-order valence-corrected chi connectivity index (χ1v) is 8.01. The molecular formula is C19H30O. The zero-order chi connectivity index (χ0) is 15.0. The van der Waals surface area contributed by atoms with E-state index in [2.05, 4.69) is 45.9 Å². The minimum absolute atomic E-state index is 0.372. The van der Waals surface area contributed by atoms with E-state index in [4.69, 9.17) is 0 Å². The van der Waals surface area contributed by atoms with Crippen molar-refractivity contribution in [2.75, 3.05) is 0 Å². The van der Waals surface area contributed by atoms with Gasteiger partial charge in [-0.25, -0.2) is 0 Å². The van der Waals surface area contributed by atoms with Crippen molar-refractivity contribution >= 4 is 5.78 Å². The van der Waals surface area contributed by atoms with Gasteiger partial charge in [0, 0.05) is 12.8 Å². The van der Waals surface area contributed by atoms with Crippen molar-refractivity contribution in [3.63, 3.8) is 0 Å². The Morgan fingerprint density at radius 1 is 0.850 bits per heavy atom. The second-order valence-corrected chi connectivity index (χ2v) is 6.35. The molecule has 0 aromatic rings. The van der Waals surface area contributed by atoms with Crippen LogP contribution in [0.25, 0.3) is 0 Å². The van der Waals surface area contributed by atoms with Gasteiger partial charge in [-0.2, -0.15) is 0 Å². The van der Waals surface area contributed by atoms with Gasteiger partial charge in [0.05, 0.1) is 0 Å². The molecule has 1 rings (SSSR count). The van der Waals surface area contributed by atoms with Crippen molar-refractivity contribution in [2.45, 2.75) is 72.6 Å². The Morgan fingerprint density at radius 2 is 1.45 bits per heavy atom. The van der Waals surface area contributed by atoms with Gasteiger partial charge in [0.15, 0.2) is 0 Å². The summed E-state index contributed by atoms with van der Waals surface area (Å²) in [4.78, 5) is 11.9. The van der Waals surface area contributed by atoms with E-state index in [1.54, 1.807) is 0 Å². The van der Waals surface area contributed by atoms with Crippen molar-refractivity contribution in [1.82, 2.24) is 0 Å². The molecule has 0 spiro atoms. The summed E-state index contributed by atoms with van der Waals surface area (Å²) in [5.41, 5.74) is 4.33. The molecule has 0 unspecified atom stereocenters. The topological polar surface area (TPSA) is 17.1 Å². The minimum atomic E-state index is 0.372. The Morgan fingerprint density at radius 3 is 2.10 bits per heavy atom. The lowest BCUT2D eigenvalue weighted by atomic mass is 9.93. The second-order valence-electron chi connectivity index (χ2n) is 6.35. The molecule has 0 saturated carbocycles. The average Bonchev–Trinajstić information content (AvgIpc) is 2.37. The maximum Gasteiger partial charge on any atom is 0.136 e. The van der Waals surface area contributed by atoms with Crippen molar-refractivity contribution < 1.29 is 4.79 Å². The fourth-order valence-electron chi connectivity index (χ4n) is 2.54. The highest BCUT2D eigenvalue weighted by Crippen LogP contribution is 2.21. The third-order valence-electron chi connectivity index (χ3n) is 4.09. The van der Waals surface area contributed by atoms with Gasteiger partial charge >= 0.3 is 0 Å². The van der Waals surface area contributed by atoms with E-state index in [1.165, 1.54) is 16.7 Å². The lowest BCUT2D eigenvalue weighted by molar-refractivity contribution is -0.118. The summed E-state index contributed by atoms with van der Waals surface area (Å²) in [7, 11) is 0. The van der Waals surface area contributed by atoms with Gasteiger partial charge in [-0.15, -0.1) is 0 Å². The molecule has 0 aromatic heterocycles. The Hall–Kier alpha value is -1.11. The zero-order valence-corrected chi connectivity index (χ0v) is 13.7. The van der Waals surface area contributed by atoms with Crippen LogP contribution in [0, 0.1) is 5.92 Å². The van der Waals surface area contributed by atoms with E-state index in [0.29, 0.717) is 24.5 Å². The smallest absolute Gasteiger partial charge is 0.136 e. The third-order valence-corrected chi connectivity index (χ3v) is 4.09. The highest BCUT2D eigenvalue weighted by atomic mass is 16.1. The number of carbonyl (C=O) groups is 1. The van der Waals surface area contributed by atoms with E-state index in [0.717, 1.165) is 32.1 Å². The Kier molecular flexibility index (Phi) is 7.58. The lowest BCUT2D eigenvalue weighted by Gasteiger charge is -2.12. The molecule has 0 fully saturated rings. The van der Waals surface area contributed by atoms with Gasteiger partial charge in [0.2, 0.25) is 0 Å². The highest BCUT2D eigenvalue weighted by molar-refractivity contribution is 5.80. The normalized spacial score (nSPS) is 27.9.